The van der Waals surface area contributed by atoms with Crippen LogP contribution in [0.25, 0.3) is 0 Å². The van der Waals surface area contributed by atoms with Gasteiger partial charge in [-0.2, -0.15) is 0 Å². The van der Waals surface area contributed by atoms with E-state index in [0.717, 1.165) is 30.3 Å². The third kappa shape index (κ3) is 4.94. The molecule has 1 aromatic heterocycles. The van der Waals surface area contributed by atoms with Gasteiger partial charge in [0.1, 0.15) is 5.69 Å². The second-order valence-electron chi connectivity index (χ2n) is 7.26. The van der Waals surface area contributed by atoms with Crippen molar-refractivity contribution in [2.75, 3.05) is 38.8 Å². The van der Waals surface area contributed by atoms with Gasteiger partial charge in [-0.1, -0.05) is 13.0 Å². The van der Waals surface area contributed by atoms with Gasteiger partial charge in [0.05, 0.1) is 14.2 Å². The van der Waals surface area contributed by atoms with E-state index in [9.17, 15) is 4.79 Å². The van der Waals surface area contributed by atoms with Gasteiger partial charge in [0, 0.05) is 31.5 Å². The van der Waals surface area contributed by atoms with E-state index in [4.69, 9.17) is 9.47 Å². The number of pyridine rings is 1. The van der Waals surface area contributed by atoms with Crippen molar-refractivity contribution in [2.24, 2.45) is 5.92 Å². The molecule has 0 radical (unpaired) electrons. The molecule has 6 heteroatoms. The lowest BCUT2D eigenvalue weighted by atomic mass is 9.99. The van der Waals surface area contributed by atoms with Gasteiger partial charge in [0.2, 0.25) is 0 Å². The Morgan fingerprint density at radius 3 is 2.61 bits per heavy atom. The van der Waals surface area contributed by atoms with Gasteiger partial charge >= 0.3 is 0 Å². The van der Waals surface area contributed by atoms with E-state index in [0.29, 0.717) is 30.2 Å². The molecule has 0 aliphatic carbocycles. The number of hydrogen-bond acceptors (Lipinski definition) is 5. The Bertz CT molecular complexity index is 801. The van der Waals surface area contributed by atoms with Crippen LogP contribution in [-0.2, 0) is 6.42 Å². The maximum atomic E-state index is 12.5. The molecule has 0 saturated carbocycles. The molecule has 1 aliphatic rings. The number of nitrogens with one attached hydrogen (secondary N) is 1. The van der Waals surface area contributed by atoms with Crippen molar-refractivity contribution in [1.82, 2.24) is 10.3 Å². The highest BCUT2D eigenvalue weighted by atomic mass is 16.5. The van der Waals surface area contributed by atoms with Gasteiger partial charge in [-0.15, -0.1) is 0 Å². The first-order valence-corrected chi connectivity index (χ1v) is 9.81. The number of nitrogens with zero attached hydrogens (tertiary/aromatic N) is 2. The molecule has 0 unspecified atom stereocenters. The molecule has 0 bridgehead atoms. The fourth-order valence-electron chi connectivity index (χ4n) is 3.45. The van der Waals surface area contributed by atoms with Crippen LogP contribution in [0.15, 0.2) is 36.5 Å². The van der Waals surface area contributed by atoms with Gasteiger partial charge in [0.15, 0.2) is 11.5 Å². The lowest BCUT2D eigenvalue weighted by Crippen LogP contribution is -2.33. The Kier molecular flexibility index (Phi) is 6.74. The van der Waals surface area contributed by atoms with Crippen molar-refractivity contribution in [2.45, 2.75) is 26.2 Å². The number of anilines is 1. The molecule has 1 saturated heterocycles. The fourth-order valence-corrected chi connectivity index (χ4v) is 3.45. The zero-order valence-corrected chi connectivity index (χ0v) is 16.9. The number of amides is 1. The molecule has 3 rings (SSSR count). The summed E-state index contributed by atoms with van der Waals surface area (Å²) < 4.78 is 10.6. The van der Waals surface area contributed by atoms with Gasteiger partial charge in [-0.3, -0.25) is 9.78 Å². The van der Waals surface area contributed by atoms with Gasteiger partial charge < -0.3 is 19.7 Å². The van der Waals surface area contributed by atoms with E-state index in [2.05, 4.69) is 22.1 Å². The Balaban J connectivity index is 1.56. The monoisotopic (exact) mass is 383 g/mol. The van der Waals surface area contributed by atoms with Crippen molar-refractivity contribution < 1.29 is 14.3 Å². The molecule has 2 aromatic rings. The molecular weight excluding hydrogens is 354 g/mol. The van der Waals surface area contributed by atoms with Crippen molar-refractivity contribution in [3.63, 3.8) is 0 Å². The Morgan fingerprint density at radius 1 is 1.14 bits per heavy atom. The topological polar surface area (TPSA) is 63.7 Å². The minimum absolute atomic E-state index is 0.146. The van der Waals surface area contributed by atoms with Crippen LogP contribution in [0.3, 0.4) is 0 Å². The van der Waals surface area contributed by atoms with E-state index in [1.807, 2.05) is 30.3 Å². The third-order valence-electron chi connectivity index (χ3n) is 5.27. The van der Waals surface area contributed by atoms with Crippen LogP contribution < -0.4 is 19.7 Å². The summed E-state index contributed by atoms with van der Waals surface area (Å²) >= 11 is 0. The average Bonchev–Trinajstić information content (AvgIpc) is 2.74. The predicted molar refractivity (Wildman–Crippen MR) is 110 cm³/mol. The normalized spacial score (nSPS) is 14.6. The number of benzene rings is 1. The summed E-state index contributed by atoms with van der Waals surface area (Å²) in [6.07, 6.45) is 4.80. The highest BCUT2D eigenvalue weighted by molar-refractivity contribution is 5.93. The number of methoxy groups -OCH3 is 2. The largest absolute Gasteiger partial charge is 0.493 e. The number of aromatic nitrogens is 1. The number of piperidine rings is 1. The molecule has 150 valence electrons. The number of carbonyl (C=O) groups excluding carboxylic acids is 1. The minimum Gasteiger partial charge on any atom is -0.493 e. The Labute approximate surface area is 166 Å². The first-order valence-electron chi connectivity index (χ1n) is 9.81. The molecule has 2 heterocycles. The average molecular weight is 383 g/mol. The molecule has 28 heavy (non-hydrogen) atoms. The smallest absolute Gasteiger partial charge is 0.269 e. The number of carbonyl (C=O) groups is 1. The molecule has 1 aliphatic heterocycles. The first kappa shape index (κ1) is 20.0. The summed E-state index contributed by atoms with van der Waals surface area (Å²) in [5.74, 6) is 2.02. The van der Waals surface area contributed by atoms with E-state index in [1.165, 1.54) is 12.8 Å². The summed E-state index contributed by atoms with van der Waals surface area (Å²) in [6.45, 7) is 4.89. The standard InChI is InChI=1S/C22H29N3O3/c1-16-8-12-25(13-9-16)18-7-11-23-19(15-18)22(26)24-10-6-17-4-5-20(27-2)21(14-17)28-3/h4-5,7,11,14-16H,6,8-10,12-13H2,1-3H3,(H,24,26). The van der Waals surface area contributed by atoms with Crippen LogP contribution in [0.5, 0.6) is 11.5 Å². The maximum absolute atomic E-state index is 12.5. The lowest BCUT2D eigenvalue weighted by Gasteiger charge is -2.32. The maximum Gasteiger partial charge on any atom is 0.269 e. The number of rotatable bonds is 7. The Morgan fingerprint density at radius 2 is 1.89 bits per heavy atom. The molecule has 1 aromatic carbocycles. The van der Waals surface area contributed by atoms with Crippen LogP contribution in [0.2, 0.25) is 0 Å². The Hall–Kier alpha value is -2.76. The molecule has 1 amide bonds. The molecule has 1 N–H and O–H groups in total. The summed E-state index contributed by atoms with van der Waals surface area (Å²) in [7, 11) is 3.23. The summed E-state index contributed by atoms with van der Waals surface area (Å²) in [5.41, 5.74) is 2.61. The zero-order chi connectivity index (χ0) is 19.9. The summed E-state index contributed by atoms with van der Waals surface area (Å²) in [5, 5.41) is 2.96. The highest BCUT2D eigenvalue weighted by Crippen LogP contribution is 2.27. The van der Waals surface area contributed by atoms with Crippen LogP contribution in [0.4, 0.5) is 5.69 Å². The molecular formula is C22H29N3O3. The van der Waals surface area contributed by atoms with E-state index < -0.39 is 0 Å². The van der Waals surface area contributed by atoms with E-state index in [-0.39, 0.29) is 5.91 Å². The van der Waals surface area contributed by atoms with Gasteiger partial charge in [-0.05, 0) is 55.0 Å². The lowest BCUT2D eigenvalue weighted by molar-refractivity contribution is 0.0949. The molecule has 6 nitrogen and oxygen atoms in total. The van der Waals surface area contributed by atoms with E-state index in [1.54, 1.807) is 20.4 Å². The van der Waals surface area contributed by atoms with Crippen LogP contribution >= 0.6 is 0 Å². The van der Waals surface area contributed by atoms with Crippen molar-refractivity contribution in [3.05, 3.63) is 47.8 Å². The van der Waals surface area contributed by atoms with Gasteiger partial charge in [-0.25, -0.2) is 0 Å². The second kappa shape index (κ2) is 9.44. The zero-order valence-electron chi connectivity index (χ0n) is 16.9. The SMILES string of the molecule is COc1ccc(CCNC(=O)c2cc(N3CCC(C)CC3)ccn2)cc1OC. The van der Waals surface area contributed by atoms with Gasteiger partial charge in [0.25, 0.3) is 5.91 Å². The molecule has 1 fully saturated rings. The van der Waals surface area contributed by atoms with Crippen molar-refractivity contribution in [1.29, 1.82) is 0 Å². The molecule has 0 spiro atoms. The fraction of sp³-hybridized carbons (Fsp3) is 0.455. The number of hydrogen-bond donors (Lipinski definition) is 1. The molecule has 0 atom stereocenters. The second-order valence-corrected chi connectivity index (χ2v) is 7.26. The summed E-state index contributed by atoms with van der Waals surface area (Å²) in [6, 6.07) is 9.66. The van der Waals surface area contributed by atoms with Crippen molar-refractivity contribution >= 4 is 11.6 Å². The quantitative estimate of drug-likeness (QED) is 0.795. The van der Waals surface area contributed by atoms with Crippen LogP contribution in [0.1, 0.15) is 35.8 Å². The number of ether oxygens (including phenoxy) is 2. The predicted octanol–water partition coefficient (Wildman–Crippen LogP) is 3.31. The third-order valence-corrected chi connectivity index (χ3v) is 5.27. The first-order chi connectivity index (χ1) is 13.6. The highest BCUT2D eigenvalue weighted by Gasteiger charge is 2.17. The van der Waals surface area contributed by atoms with Crippen LogP contribution in [0, 0.1) is 5.92 Å². The summed E-state index contributed by atoms with van der Waals surface area (Å²) in [4.78, 5) is 19.1. The van der Waals surface area contributed by atoms with E-state index >= 15 is 0 Å². The van der Waals surface area contributed by atoms with Crippen LogP contribution in [-0.4, -0.2) is 44.7 Å². The van der Waals surface area contributed by atoms with Crippen molar-refractivity contribution in [3.8, 4) is 11.5 Å². The minimum atomic E-state index is -0.146.